The highest BCUT2D eigenvalue weighted by atomic mass is 31.2. The van der Waals surface area contributed by atoms with Crippen LogP contribution in [0.15, 0.2) is 85.1 Å². The van der Waals surface area contributed by atoms with Crippen molar-refractivity contribution in [1.82, 2.24) is 5.32 Å². The number of phosphoric ester groups is 1. The van der Waals surface area contributed by atoms with Crippen LogP contribution in [0.4, 0.5) is 0 Å². The summed E-state index contributed by atoms with van der Waals surface area (Å²) in [6, 6.07) is -0.867. The van der Waals surface area contributed by atoms with Gasteiger partial charge in [-0.1, -0.05) is 273 Å². The fraction of sp³-hybridized carbons (Fsp3) is 0.775. The number of carbonyl (C=O) groups is 2. The second-order valence-electron chi connectivity index (χ2n) is 24.0. The Kier molecular flexibility index (Phi) is 58.2. The first-order chi connectivity index (χ1) is 39.4. The molecule has 0 saturated heterocycles. The van der Waals surface area contributed by atoms with Gasteiger partial charge in [0.05, 0.1) is 33.8 Å². The number of phosphoric acid groups is 1. The molecule has 0 aliphatic heterocycles. The van der Waals surface area contributed by atoms with E-state index in [2.05, 4.69) is 99.0 Å². The maximum absolute atomic E-state index is 13.6. The van der Waals surface area contributed by atoms with Crippen LogP contribution in [0.5, 0.6) is 0 Å². The topological polar surface area (TPSA) is 111 Å². The Labute approximate surface area is 501 Å². The Morgan fingerprint density at radius 3 is 1.23 bits per heavy atom. The first kappa shape index (κ1) is 78.2. The van der Waals surface area contributed by atoms with Gasteiger partial charge < -0.3 is 19.4 Å². The van der Waals surface area contributed by atoms with Gasteiger partial charge in [0.1, 0.15) is 19.3 Å². The van der Waals surface area contributed by atoms with E-state index in [-0.39, 0.29) is 31.5 Å². The molecule has 0 rings (SSSR count). The van der Waals surface area contributed by atoms with Crippen LogP contribution in [0, 0.1) is 0 Å². The summed E-state index contributed by atoms with van der Waals surface area (Å²) in [5, 5.41) is 3.05. The molecule has 3 atom stereocenters. The van der Waals surface area contributed by atoms with Crippen molar-refractivity contribution in [3.63, 3.8) is 0 Å². The van der Waals surface area contributed by atoms with Crippen LogP contribution in [0.25, 0.3) is 0 Å². The first-order valence-corrected chi connectivity index (χ1v) is 35.4. The minimum Gasteiger partial charge on any atom is -0.456 e. The number of hydrogen-bond donors (Lipinski definition) is 2. The number of esters is 1. The molecule has 0 spiro atoms. The largest absolute Gasteiger partial charge is 0.472 e. The zero-order chi connectivity index (χ0) is 59.3. The molecule has 10 heteroatoms. The molecule has 1 amide bonds. The van der Waals surface area contributed by atoms with Crippen LogP contribution < -0.4 is 5.32 Å². The molecule has 0 aromatic carbocycles. The van der Waals surface area contributed by atoms with Crippen LogP contribution in [0.3, 0.4) is 0 Å². The van der Waals surface area contributed by atoms with Crippen LogP contribution in [0.2, 0.25) is 0 Å². The van der Waals surface area contributed by atoms with Gasteiger partial charge in [0.2, 0.25) is 5.91 Å². The Hall–Kier alpha value is -2.81. The number of carbonyl (C=O) groups excluding carboxylic acids is 2. The fourth-order valence-corrected chi connectivity index (χ4v) is 10.3. The van der Waals surface area contributed by atoms with Gasteiger partial charge in [0.15, 0.2) is 0 Å². The van der Waals surface area contributed by atoms with Crippen molar-refractivity contribution in [3.05, 3.63) is 85.1 Å². The molecule has 3 unspecified atom stereocenters. The number of nitrogens with zero attached hydrogens (tertiary/aromatic N) is 1. The minimum atomic E-state index is -4.46. The highest BCUT2D eigenvalue weighted by molar-refractivity contribution is 7.47. The van der Waals surface area contributed by atoms with Crippen LogP contribution in [-0.2, 0) is 27.9 Å². The van der Waals surface area contributed by atoms with E-state index >= 15 is 0 Å². The number of likely N-dealkylation sites (N-methyl/N-ethyl adjacent to an activating group) is 1. The SMILES string of the molecule is CCCCC/C=C\C/C=C\C/C=C\C/C=C\CCCCCCCCCCCCCC(=O)OC(/C=C\CCCCCCCCCCCC)C(COP(=O)(O)OCC[N+](C)(C)C)NC(=O)CCCCC/C=C/C=C/CCCCCCCCC. The summed E-state index contributed by atoms with van der Waals surface area (Å²) in [6.07, 6.45) is 80.2. The predicted molar refractivity (Wildman–Crippen MR) is 351 cm³/mol. The zero-order valence-corrected chi connectivity index (χ0v) is 54.7. The molecular weight excluding hydrogens is 1020 g/mol. The number of nitrogens with one attached hydrogen (secondary N) is 1. The van der Waals surface area contributed by atoms with E-state index in [0.717, 1.165) is 83.5 Å². The molecule has 0 bridgehead atoms. The third-order valence-corrected chi connectivity index (χ3v) is 15.8. The van der Waals surface area contributed by atoms with Gasteiger partial charge in [-0.25, -0.2) is 4.57 Å². The standard InChI is InChI=1S/C71H129N2O7P/c1-7-10-13-16-19-22-25-28-30-32-33-34-35-36-37-38-39-40-41-42-44-46-49-52-55-58-61-64-71(75)80-69(62-59-56-53-50-47-27-24-21-18-15-12-9-3)68(67-79-81(76,77)78-66-65-73(4,5)6)72-70(74)63-60-57-54-51-48-45-43-31-29-26-23-20-17-14-11-8-2/h19,22,28,30-31,33-34,36-37,43,45,48,59,62,68-69H,7-18,20-21,23-27,29,32,35,38-42,44,46-47,49-58,60-61,63-67H2,1-6H3,(H-,72,74,76,77)/p+1/b22-19-,30-28-,34-33-,37-36-,43-31+,48-45+,62-59-. The normalized spacial score (nSPS) is 14.1. The van der Waals surface area contributed by atoms with Gasteiger partial charge in [-0.05, 0) is 102 Å². The average Bonchev–Trinajstić information content (AvgIpc) is 3.44. The van der Waals surface area contributed by atoms with Gasteiger partial charge in [-0.3, -0.25) is 18.6 Å². The number of quaternary nitrogens is 1. The summed E-state index contributed by atoms with van der Waals surface area (Å²) in [4.78, 5) is 37.8. The number of ether oxygens (including phenoxy) is 1. The maximum atomic E-state index is 13.6. The van der Waals surface area contributed by atoms with Crippen LogP contribution in [0.1, 0.15) is 303 Å². The van der Waals surface area contributed by atoms with E-state index < -0.39 is 20.0 Å². The molecule has 0 aliphatic rings. The van der Waals surface area contributed by atoms with Crippen LogP contribution in [-0.4, -0.2) is 74.3 Å². The highest BCUT2D eigenvalue weighted by Crippen LogP contribution is 2.43. The van der Waals surface area contributed by atoms with Crippen molar-refractivity contribution in [2.75, 3.05) is 40.9 Å². The van der Waals surface area contributed by atoms with E-state index in [0.29, 0.717) is 23.9 Å². The number of rotatable bonds is 61. The fourth-order valence-electron chi connectivity index (χ4n) is 9.56. The molecule has 0 aromatic heterocycles. The van der Waals surface area contributed by atoms with Crippen molar-refractivity contribution in [1.29, 1.82) is 0 Å². The molecule has 0 aromatic rings. The monoisotopic (exact) mass is 1150 g/mol. The van der Waals surface area contributed by atoms with Crippen molar-refractivity contribution in [2.24, 2.45) is 0 Å². The van der Waals surface area contributed by atoms with Crippen molar-refractivity contribution in [2.45, 2.75) is 315 Å². The molecule has 0 fully saturated rings. The van der Waals surface area contributed by atoms with Gasteiger partial charge in [0, 0.05) is 12.8 Å². The Balaban J connectivity index is 5.11. The highest BCUT2D eigenvalue weighted by Gasteiger charge is 2.30. The van der Waals surface area contributed by atoms with Gasteiger partial charge in [0.25, 0.3) is 0 Å². The molecule has 0 heterocycles. The number of hydrogen-bond acceptors (Lipinski definition) is 6. The lowest BCUT2D eigenvalue weighted by molar-refractivity contribution is -0.870. The van der Waals surface area contributed by atoms with Gasteiger partial charge >= 0.3 is 13.8 Å². The zero-order valence-electron chi connectivity index (χ0n) is 53.8. The summed E-state index contributed by atoms with van der Waals surface area (Å²) in [7, 11) is 1.47. The maximum Gasteiger partial charge on any atom is 0.472 e. The molecular formula is C71H130N2O7P+. The molecule has 470 valence electrons. The summed E-state index contributed by atoms with van der Waals surface area (Å²) < 4.78 is 30.7. The molecule has 9 nitrogen and oxygen atoms in total. The van der Waals surface area contributed by atoms with Crippen molar-refractivity contribution < 1.29 is 37.3 Å². The van der Waals surface area contributed by atoms with Gasteiger partial charge in [-0.15, -0.1) is 0 Å². The number of unbranched alkanes of at least 4 members (excludes halogenated alkanes) is 34. The second-order valence-corrected chi connectivity index (χ2v) is 25.5. The Bertz CT molecular complexity index is 1660. The third-order valence-electron chi connectivity index (χ3n) is 14.8. The summed E-state index contributed by atoms with van der Waals surface area (Å²) in [5.41, 5.74) is 0. The number of allylic oxidation sites excluding steroid dienone is 13. The molecule has 0 saturated carbocycles. The predicted octanol–water partition coefficient (Wildman–Crippen LogP) is 21.3. The van der Waals surface area contributed by atoms with E-state index in [1.165, 1.54) is 180 Å². The van der Waals surface area contributed by atoms with Crippen LogP contribution >= 0.6 is 7.82 Å². The number of amides is 1. The minimum absolute atomic E-state index is 0.0322. The summed E-state index contributed by atoms with van der Waals surface area (Å²) in [5.74, 6) is -0.536. The quantitative estimate of drug-likeness (QED) is 0.0156. The lowest BCUT2D eigenvalue weighted by Crippen LogP contribution is -2.47. The third kappa shape index (κ3) is 61.6. The molecule has 0 radical (unpaired) electrons. The first-order valence-electron chi connectivity index (χ1n) is 33.9. The van der Waals surface area contributed by atoms with Crippen molar-refractivity contribution >= 4 is 19.7 Å². The van der Waals surface area contributed by atoms with Crippen molar-refractivity contribution in [3.8, 4) is 0 Å². The Morgan fingerprint density at radius 2 is 0.790 bits per heavy atom. The second kappa shape index (κ2) is 60.3. The van der Waals surface area contributed by atoms with E-state index in [1.54, 1.807) is 0 Å². The van der Waals surface area contributed by atoms with E-state index in [9.17, 15) is 19.0 Å². The summed E-state index contributed by atoms with van der Waals surface area (Å²) in [6.45, 7) is 6.97. The van der Waals surface area contributed by atoms with E-state index in [1.807, 2.05) is 33.3 Å². The average molecular weight is 1150 g/mol. The smallest absolute Gasteiger partial charge is 0.456 e. The molecule has 0 aliphatic carbocycles. The lowest BCUT2D eigenvalue weighted by atomic mass is 10.0. The van der Waals surface area contributed by atoms with E-state index in [4.69, 9.17) is 13.8 Å². The lowest BCUT2D eigenvalue weighted by Gasteiger charge is -2.27. The summed E-state index contributed by atoms with van der Waals surface area (Å²) >= 11 is 0. The molecule has 81 heavy (non-hydrogen) atoms. The van der Waals surface area contributed by atoms with Gasteiger partial charge in [-0.2, -0.15) is 0 Å². The molecule has 2 N–H and O–H groups in total. The Morgan fingerprint density at radius 1 is 0.444 bits per heavy atom.